The van der Waals surface area contributed by atoms with Gasteiger partial charge in [-0.3, -0.25) is 0 Å². The fraction of sp³-hybridized carbons (Fsp3) is 0.333. The SMILES string of the molecule is COc1ccc(S(=O)/C=C\CCN)cc1OC. The van der Waals surface area contributed by atoms with Gasteiger partial charge in [-0.15, -0.1) is 0 Å². The van der Waals surface area contributed by atoms with Crippen molar-refractivity contribution < 1.29 is 13.7 Å². The maximum atomic E-state index is 11.9. The monoisotopic (exact) mass is 255 g/mol. The minimum Gasteiger partial charge on any atom is -0.493 e. The van der Waals surface area contributed by atoms with Gasteiger partial charge in [0.1, 0.15) is 0 Å². The van der Waals surface area contributed by atoms with Crippen LogP contribution in [0.15, 0.2) is 34.6 Å². The molecule has 0 bridgehead atoms. The highest BCUT2D eigenvalue weighted by molar-refractivity contribution is 7.88. The van der Waals surface area contributed by atoms with Gasteiger partial charge >= 0.3 is 0 Å². The first-order valence-electron chi connectivity index (χ1n) is 5.22. The van der Waals surface area contributed by atoms with Crippen molar-refractivity contribution in [3.05, 3.63) is 29.7 Å². The summed E-state index contributed by atoms with van der Waals surface area (Å²) < 4.78 is 22.1. The molecule has 0 saturated heterocycles. The molecule has 17 heavy (non-hydrogen) atoms. The van der Waals surface area contributed by atoms with Crippen molar-refractivity contribution in [1.29, 1.82) is 0 Å². The lowest BCUT2D eigenvalue weighted by Crippen LogP contribution is -1.96. The summed E-state index contributed by atoms with van der Waals surface area (Å²) in [5, 5.41) is 1.63. The molecule has 0 heterocycles. The van der Waals surface area contributed by atoms with Crippen LogP contribution in [0.1, 0.15) is 6.42 Å². The summed E-state index contributed by atoms with van der Waals surface area (Å²) in [7, 11) is 1.94. The third kappa shape index (κ3) is 3.87. The molecule has 1 aromatic rings. The predicted molar refractivity (Wildman–Crippen MR) is 68.8 cm³/mol. The number of rotatable bonds is 6. The van der Waals surface area contributed by atoms with E-state index in [-0.39, 0.29) is 0 Å². The first-order chi connectivity index (χ1) is 8.22. The number of ether oxygens (including phenoxy) is 2. The Hall–Kier alpha value is -1.33. The normalized spacial score (nSPS) is 12.6. The maximum absolute atomic E-state index is 11.9. The summed E-state index contributed by atoms with van der Waals surface area (Å²) in [6.07, 6.45) is 2.53. The number of nitrogens with two attached hydrogens (primary N) is 1. The van der Waals surface area contributed by atoms with Crippen LogP contribution in [0, 0.1) is 0 Å². The Morgan fingerprint density at radius 1 is 1.29 bits per heavy atom. The third-order valence-electron chi connectivity index (χ3n) is 2.14. The second kappa shape index (κ2) is 7.09. The van der Waals surface area contributed by atoms with Crippen molar-refractivity contribution in [2.24, 2.45) is 5.73 Å². The maximum Gasteiger partial charge on any atom is 0.161 e. The Morgan fingerprint density at radius 3 is 2.59 bits per heavy atom. The zero-order chi connectivity index (χ0) is 12.7. The average Bonchev–Trinajstić information content (AvgIpc) is 2.38. The molecule has 0 amide bonds. The molecule has 1 rings (SSSR count). The van der Waals surface area contributed by atoms with Gasteiger partial charge in [0.2, 0.25) is 0 Å². The van der Waals surface area contributed by atoms with Crippen molar-refractivity contribution >= 4 is 10.8 Å². The van der Waals surface area contributed by atoms with E-state index in [1.165, 1.54) is 0 Å². The molecule has 0 saturated carbocycles. The molecule has 4 nitrogen and oxygen atoms in total. The van der Waals surface area contributed by atoms with Crippen molar-refractivity contribution in [3.63, 3.8) is 0 Å². The van der Waals surface area contributed by atoms with Crippen molar-refractivity contribution in [3.8, 4) is 11.5 Å². The highest BCUT2D eigenvalue weighted by atomic mass is 32.2. The van der Waals surface area contributed by atoms with Crippen LogP contribution >= 0.6 is 0 Å². The number of hydrogen-bond donors (Lipinski definition) is 1. The average molecular weight is 255 g/mol. The van der Waals surface area contributed by atoms with Crippen LogP contribution in [0.3, 0.4) is 0 Å². The second-order valence-electron chi connectivity index (χ2n) is 3.26. The van der Waals surface area contributed by atoms with Gasteiger partial charge < -0.3 is 15.2 Å². The van der Waals surface area contributed by atoms with Gasteiger partial charge in [0.05, 0.1) is 25.0 Å². The van der Waals surface area contributed by atoms with Gasteiger partial charge in [0.15, 0.2) is 11.5 Å². The lowest BCUT2D eigenvalue weighted by Gasteiger charge is -2.08. The first-order valence-corrected chi connectivity index (χ1v) is 6.43. The van der Waals surface area contributed by atoms with E-state index in [1.807, 2.05) is 6.08 Å². The number of methoxy groups -OCH3 is 2. The van der Waals surface area contributed by atoms with E-state index in [2.05, 4.69) is 0 Å². The zero-order valence-electron chi connectivity index (χ0n) is 10.0. The molecule has 94 valence electrons. The van der Waals surface area contributed by atoms with Gasteiger partial charge in [-0.05, 0) is 25.1 Å². The van der Waals surface area contributed by atoms with Gasteiger partial charge in [0, 0.05) is 16.4 Å². The smallest absolute Gasteiger partial charge is 0.161 e. The van der Waals surface area contributed by atoms with Gasteiger partial charge in [0.25, 0.3) is 0 Å². The molecular weight excluding hydrogens is 238 g/mol. The largest absolute Gasteiger partial charge is 0.493 e. The van der Waals surface area contributed by atoms with E-state index < -0.39 is 10.8 Å². The topological polar surface area (TPSA) is 61.5 Å². The van der Waals surface area contributed by atoms with Crippen LogP contribution in [-0.4, -0.2) is 25.0 Å². The minimum absolute atomic E-state index is 0.555. The molecule has 0 aliphatic carbocycles. The fourth-order valence-electron chi connectivity index (χ4n) is 1.27. The standard InChI is InChI=1S/C12H17NO3S/c1-15-11-6-5-10(9-12(11)16-2)17(14)8-4-3-7-13/h4-6,8-9H,3,7,13H2,1-2H3/b8-4-. The van der Waals surface area contributed by atoms with E-state index >= 15 is 0 Å². The minimum atomic E-state index is -1.18. The van der Waals surface area contributed by atoms with Gasteiger partial charge in [-0.1, -0.05) is 6.08 Å². The fourth-order valence-corrected chi connectivity index (χ4v) is 2.17. The van der Waals surface area contributed by atoms with Crippen molar-refractivity contribution in [2.75, 3.05) is 20.8 Å². The van der Waals surface area contributed by atoms with Crippen LogP contribution in [0.2, 0.25) is 0 Å². The van der Waals surface area contributed by atoms with Crippen LogP contribution in [-0.2, 0) is 10.8 Å². The molecule has 0 aromatic heterocycles. The molecule has 0 spiro atoms. The summed E-state index contributed by atoms with van der Waals surface area (Å²) in [6, 6.07) is 5.20. The third-order valence-corrected chi connectivity index (χ3v) is 3.30. The molecule has 1 aromatic carbocycles. The van der Waals surface area contributed by atoms with Crippen LogP contribution in [0.5, 0.6) is 11.5 Å². The van der Waals surface area contributed by atoms with E-state index in [1.54, 1.807) is 37.8 Å². The Bertz CT molecular complexity index is 418. The molecule has 5 heteroatoms. The Kier molecular flexibility index (Phi) is 5.72. The Morgan fingerprint density at radius 2 is 2.00 bits per heavy atom. The lowest BCUT2D eigenvalue weighted by atomic mass is 10.3. The summed E-state index contributed by atoms with van der Waals surface area (Å²) in [4.78, 5) is 0.677. The molecule has 1 unspecified atom stereocenters. The molecular formula is C12H17NO3S. The number of hydrogen-bond acceptors (Lipinski definition) is 4. The summed E-state index contributed by atoms with van der Waals surface area (Å²) >= 11 is 0. The summed E-state index contributed by atoms with van der Waals surface area (Å²) in [6.45, 7) is 0.555. The summed E-state index contributed by atoms with van der Waals surface area (Å²) in [5.41, 5.74) is 5.35. The lowest BCUT2D eigenvalue weighted by molar-refractivity contribution is 0.354. The molecule has 0 radical (unpaired) electrons. The van der Waals surface area contributed by atoms with Gasteiger partial charge in [-0.2, -0.15) is 0 Å². The quantitative estimate of drug-likeness (QED) is 0.840. The molecule has 0 aliphatic rings. The molecule has 2 N–H and O–H groups in total. The van der Waals surface area contributed by atoms with Crippen molar-refractivity contribution in [2.45, 2.75) is 11.3 Å². The molecule has 0 fully saturated rings. The first kappa shape index (κ1) is 13.7. The Balaban J connectivity index is 2.88. The second-order valence-corrected chi connectivity index (χ2v) is 4.60. The van der Waals surface area contributed by atoms with E-state index in [0.717, 1.165) is 6.42 Å². The van der Waals surface area contributed by atoms with Crippen LogP contribution < -0.4 is 15.2 Å². The highest BCUT2D eigenvalue weighted by Crippen LogP contribution is 2.28. The Labute approximate surface area is 104 Å². The molecule has 1 atom stereocenters. The summed E-state index contributed by atoms with van der Waals surface area (Å²) in [5.74, 6) is 1.20. The predicted octanol–water partition coefficient (Wildman–Crippen LogP) is 1.67. The van der Waals surface area contributed by atoms with Crippen molar-refractivity contribution in [1.82, 2.24) is 0 Å². The number of benzene rings is 1. The van der Waals surface area contributed by atoms with E-state index in [4.69, 9.17) is 15.2 Å². The molecule has 0 aliphatic heterocycles. The van der Waals surface area contributed by atoms with E-state index in [0.29, 0.717) is 22.9 Å². The van der Waals surface area contributed by atoms with Crippen LogP contribution in [0.4, 0.5) is 0 Å². The van der Waals surface area contributed by atoms with Crippen LogP contribution in [0.25, 0.3) is 0 Å². The zero-order valence-corrected chi connectivity index (χ0v) is 10.8. The highest BCUT2D eigenvalue weighted by Gasteiger charge is 2.07. The van der Waals surface area contributed by atoms with Gasteiger partial charge in [-0.25, -0.2) is 4.21 Å². The van der Waals surface area contributed by atoms with E-state index in [9.17, 15) is 4.21 Å².